The number of hydrogen-bond donors (Lipinski definition) is 2. The van der Waals surface area contributed by atoms with Gasteiger partial charge in [0.2, 0.25) is 0 Å². The predicted molar refractivity (Wildman–Crippen MR) is 84.1 cm³/mol. The van der Waals surface area contributed by atoms with Gasteiger partial charge in [0.1, 0.15) is 11.8 Å². The number of ether oxygens (including phenoxy) is 1. The number of benzene rings is 1. The molecule has 5 heteroatoms. The zero-order chi connectivity index (χ0) is 14.9. The Hall–Kier alpha value is -1.07. The number of hydrazine groups is 1. The van der Waals surface area contributed by atoms with Gasteiger partial charge in [0, 0.05) is 12.5 Å². The average molecular weight is 309 g/mol. The maximum absolute atomic E-state index is 6.20. The maximum atomic E-state index is 6.20. The van der Waals surface area contributed by atoms with Crippen LogP contribution in [0.15, 0.2) is 28.7 Å². The average Bonchev–Trinajstić information content (AvgIpc) is 2.94. The van der Waals surface area contributed by atoms with Crippen molar-refractivity contribution in [1.82, 2.24) is 5.43 Å². The summed E-state index contributed by atoms with van der Waals surface area (Å²) in [4.78, 5) is 0. The number of para-hydroxylation sites is 1. The van der Waals surface area contributed by atoms with Crippen LogP contribution in [0, 0.1) is 0 Å². The van der Waals surface area contributed by atoms with E-state index in [9.17, 15) is 0 Å². The van der Waals surface area contributed by atoms with Crippen LogP contribution in [0.1, 0.15) is 43.9 Å². The first kappa shape index (κ1) is 14.9. The van der Waals surface area contributed by atoms with Crippen molar-refractivity contribution in [2.75, 3.05) is 7.11 Å². The van der Waals surface area contributed by atoms with Gasteiger partial charge in [-0.05, 0) is 25.0 Å². The SMILES string of the molecule is COC1(C(NN)c2cc3cccc(Cl)c3o2)CCCCC1. The van der Waals surface area contributed by atoms with E-state index in [4.69, 9.17) is 26.6 Å². The normalized spacial score (nSPS) is 19.8. The molecule has 1 unspecified atom stereocenters. The highest BCUT2D eigenvalue weighted by atomic mass is 35.5. The summed E-state index contributed by atoms with van der Waals surface area (Å²) in [7, 11) is 1.76. The lowest BCUT2D eigenvalue weighted by Gasteiger charge is -2.41. The van der Waals surface area contributed by atoms with Gasteiger partial charge >= 0.3 is 0 Å². The lowest BCUT2D eigenvalue weighted by atomic mass is 9.78. The molecule has 1 aliphatic rings. The summed E-state index contributed by atoms with van der Waals surface area (Å²) in [5.74, 6) is 6.62. The van der Waals surface area contributed by atoms with Gasteiger partial charge in [-0.3, -0.25) is 5.84 Å². The van der Waals surface area contributed by atoms with E-state index in [0.29, 0.717) is 10.6 Å². The maximum Gasteiger partial charge on any atom is 0.152 e. The lowest BCUT2D eigenvalue weighted by molar-refractivity contribution is -0.0731. The van der Waals surface area contributed by atoms with Crippen LogP contribution in [-0.2, 0) is 4.74 Å². The summed E-state index contributed by atoms with van der Waals surface area (Å²) in [6.45, 7) is 0. The molecule has 3 N–H and O–H groups in total. The quantitative estimate of drug-likeness (QED) is 0.663. The summed E-state index contributed by atoms with van der Waals surface area (Å²) in [5, 5.41) is 1.60. The Morgan fingerprint density at radius 1 is 1.33 bits per heavy atom. The van der Waals surface area contributed by atoms with Gasteiger partial charge in [-0.1, -0.05) is 43.0 Å². The molecule has 1 aliphatic carbocycles. The summed E-state index contributed by atoms with van der Waals surface area (Å²) >= 11 is 6.20. The Kier molecular flexibility index (Phi) is 4.22. The van der Waals surface area contributed by atoms with Crippen molar-refractivity contribution < 1.29 is 9.15 Å². The Morgan fingerprint density at radius 3 is 2.71 bits per heavy atom. The molecule has 1 heterocycles. The van der Waals surface area contributed by atoms with Gasteiger partial charge in [0.15, 0.2) is 5.58 Å². The van der Waals surface area contributed by atoms with E-state index in [1.165, 1.54) is 6.42 Å². The van der Waals surface area contributed by atoms with Gasteiger partial charge in [-0.25, -0.2) is 5.43 Å². The molecule has 114 valence electrons. The van der Waals surface area contributed by atoms with Crippen molar-refractivity contribution >= 4 is 22.6 Å². The van der Waals surface area contributed by atoms with Crippen LogP contribution in [0.2, 0.25) is 5.02 Å². The topological polar surface area (TPSA) is 60.4 Å². The Morgan fingerprint density at radius 2 is 2.10 bits per heavy atom. The molecule has 0 spiro atoms. The zero-order valence-electron chi connectivity index (χ0n) is 12.2. The van der Waals surface area contributed by atoms with E-state index < -0.39 is 0 Å². The number of nitrogens with one attached hydrogen (secondary N) is 1. The number of nitrogens with two attached hydrogens (primary N) is 1. The van der Waals surface area contributed by atoms with Crippen molar-refractivity contribution in [3.63, 3.8) is 0 Å². The molecule has 21 heavy (non-hydrogen) atoms. The first-order valence-electron chi connectivity index (χ1n) is 7.39. The minimum absolute atomic E-state index is 0.175. The third kappa shape index (κ3) is 2.57. The highest BCUT2D eigenvalue weighted by Crippen LogP contribution is 2.42. The van der Waals surface area contributed by atoms with Crippen LogP contribution in [0.4, 0.5) is 0 Å². The highest BCUT2D eigenvalue weighted by Gasteiger charge is 2.42. The third-order valence-corrected chi connectivity index (χ3v) is 4.90. The van der Waals surface area contributed by atoms with Crippen LogP contribution in [0.25, 0.3) is 11.0 Å². The number of rotatable bonds is 4. The summed E-state index contributed by atoms with van der Waals surface area (Å²) in [6.07, 6.45) is 5.49. The van der Waals surface area contributed by atoms with Gasteiger partial charge in [0.25, 0.3) is 0 Å². The predicted octanol–water partition coefficient (Wildman–Crippen LogP) is 3.94. The van der Waals surface area contributed by atoms with Crippen molar-refractivity contribution in [2.24, 2.45) is 5.84 Å². The Balaban J connectivity index is 2.02. The largest absolute Gasteiger partial charge is 0.458 e. The summed E-state index contributed by atoms with van der Waals surface area (Å²) in [6, 6.07) is 7.56. The van der Waals surface area contributed by atoms with E-state index in [-0.39, 0.29) is 11.6 Å². The van der Waals surface area contributed by atoms with Crippen molar-refractivity contribution in [3.05, 3.63) is 35.0 Å². The Labute approximate surface area is 129 Å². The highest BCUT2D eigenvalue weighted by molar-refractivity contribution is 6.34. The molecule has 0 radical (unpaired) electrons. The molecule has 1 saturated carbocycles. The molecule has 0 aliphatic heterocycles. The molecule has 2 aromatic rings. The van der Waals surface area contributed by atoms with E-state index in [1.807, 2.05) is 24.3 Å². The minimum atomic E-state index is -0.312. The molecule has 1 aromatic carbocycles. The molecule has 1 atom stereocenters. The third-order valence-electron chi connectivity index (χ3n) is 4.60. The van der Waals surface area contributed by atoms with Crippen molar-refractivity contribution in [2.45, 2.75) is 43.7 Å². The lowest BCUT2D eigenvalue weighted by Crippen LogP contribution is -2.49. The van der Waals surface area contributed by atoms with E-state index in [2.05, 4.69) is 5.43 Å². The second-order valence-corrected chi connectivity index (χ2v) is 6.14. The molecular weight excluding hydrogens is 288 g/mol. The van der Waals surface area contributed by atoms with Crippen LogP contribution >= 0.6 is 11.6 Å². The first-order valence-corrected chi connectivity index (χ1v) is 7.77. The summed E-state index contributed by atoms with van der Waals surface area (Å²) < 4.78 is 11.9. The van der Waals surface area contributed by atoms with E-state index >= 15 is 0 Å². The monoisotopic (exact) mass is 308 g/mol. The molecular formula is C16H21ClN2O2. The summed E-state index contributed by atoms with van der Waals surface area (Å²) in [5.41, 5.74) is 3.29. The molecule has 0 saturated heterocycles. The number of methoxy groups -OCH3 is 1. The van der Waals surface area contributed by atoms with E-state index in [1.54, 1.807) is 7.11 Å². The fraction of sp³-hybridized carbons (Fsp3) is 0.500. The van der Waals surface area contributed by atoms with Crippen LogP contribution < -0.4 is 11.3 Å². The Bertz CT molecular complexity index is 620. The van der Waals surface area contributed by atoms with Crippen molar-refractivity contribution in [1.29, 1.82) is 0 Å². The smallest absolute Gasteiger partial charge is 0.152 e. The zero-order valence-corrected chi connectivity index (χ0v) is 13.0. The van der Waals surface area contributed by atoms with Gasteiger partial charge in [-0.2, -0.15) is 0 Å². The standard InChI is InChI=1S/C16H21ClN2O2/c1-20-16(8-3-2-4-9-16)15(19-18)13-10-11-6-5-7-12(17)14(11)21-13/h5-7,10,15,19H,2-4,8-9,18H2,1H3. The molecule has 4 nitrogen and oxygen atoms in total. The number of furan rings is 1. The molecule has 0 amide bonds. The molecule has 3 rings (SSSR count). The van der Waals surface area contributed by atoms with Gasteiger partial charge in [0.05, 0.1) is 10.6 Å². The number of halogens is 1. The van der Waals surface area contributed by atoms with Crippen LogP contribution in [0.5, 0.6) is 0 Å². The second-order valence-electron chi connectivity index (χ2n) is 5.74. The molecule has 0 bridgehead atoms. The molecule has 1 fully saturated rings. The van der Waals surface area contributed by atoms with E-state index in [0.717, 1.165) is 36.8 Å². The second kappa shape index (κ2) is 5.97. The fourth-order valence-corrected chi connectivity index (χ4v) is 3.66. The first-order chi connectivity index (χ1) is 10.2. The van der Waals surface area contributed by atoms with Gasteiger partial charge in [-0.15, -0.1) is 0 Å². The number of hydrogen-bond acceptors (Lipinski definition) is 4. The fourth-order valence-electron chi connectivity index (χ4n) is 3.44. The van der Waals surface area contributed by atoms with Crippen LogP contribution in [-0.4, -0.2) is 12.7 Å². The van der Waals surface area contributed by atoms with Gasteiger partial charge < -0.3 is 9.15 Å². The van der Waals surface area contributed by atoms with Crippen molar-refractivity contribution in [3.8, 4) is 0 Å². The number of fused-ring (bicyclic) bond motifs is 1. The molecule has 1 aromatic heterocycles. The minimum Gasteiger partial charge on any atom is -0.458 e. The van der Waals surface area contributed by atoms with Crippen LogP contribution in [0.3, 0.4) is 0 Å².